The van der Waals surface area contributed by atoms with Gasteiger partial charge in [-0.05, 0) is 55.5 Å². The van der Waals surface area contributed by atoms with Crippen molar-refractivity contribution in [3.05, 3.63) is 69.8 Å². The molecule has 0 radical (unpaired) electrons. The topological polar surface area (TPSA) is 27.8 Å². The second-order valence-electron chi connectivity index (χ2n) is 6.45. The lowest BCUT2D eigenvalue weighted by atomic mass is 9.91. The van der Waals surface area contributed by atoms with Crippen LogP contribution < -0.4 is 5.32 Å². The minimum atomic E-state index is 0. The summed E-state index contributed by atoms with van der Waals surface area (Å²) < 4.78 is 1.15. The first-order valence-corrected chi connectivity index (χ1v) is 9.12. The number of aryl methyl sites for hydroxylation is 1. The Morgan fingerprint density at radius 2 is 1.96 bits per heavy atom. The summed E-state index contributed by atoms with van der Waals surface area (Å²) in [7, 11) is 0. The zero-order valence-corrected chi connectivity index (χ0v) is 16.1. The molecule has 2 N–H and O–H groups in total. The van der Waals surface area contributed by atoms with Crippen molar-refractivity contribution < 1.29 is 0 Å². The molecule has 0 fully saturated rings. The van der Waals surface area contributed by atoms with E-state index in [1.54, 1.807) is 0 Å². The van der Waals surface area contributed by atoms with Crippen LogP contribution in [0.3, 0.4) is 0 Å². The predicted molar refractivity (Wildman–Crippen MR) is 107 cm³/mol. The normalized spacial score (nSPS) is 18.0. The third-order valence-electron chi connectivity index (χ3n) is 4.92. The average molecular weight is 406 g/mol. The van der Waals surface area contributed by atoms with Crippen LogP contribution in [0.2, 0.25) is 0 Å². The molecule has 1 aliphatic rings. The molecule has 0 saturated heterocycles. The summed E-state index contributed by atoms with van der Waals surface area (Å²) >= 11 is 3.60. The molecule has 1 unspecified atom stereocenters. The molecule has 1 aliphatic carbocycles. The van der Waals surface area contributed by atoms with Gasteiger partial charge >= 0.3 is 0 Å². The minimum absolute atomic E-state index is 0. The van der Waals surface area contributed by atoms with E-state index in [0.717, 1.165) is 4.47 Å². The number of fused-ring (bicyclic) bond motifs is 3. The minimum Gasteiger partial charge on any atom is -0.357 e. The van der Waals surface area contributed by atoms with Crippen molar-refractivity contribution in [1.29, 1.82) is 0 Å². The van der Waals surface area contributed by atoms with E-state index in [0.29, 0.717) is 12.1 Å². The van der Waals surface area contributed by atoms with Crippen molar-refractivity contribution in [2.75, 3.05) is 0 Å². The van der Waals surface area contributed by atoms with Crippen LogP contribution in [0.4, 0.5) is 0 Å². The molecule has 24 heavy (non-hydrogen) atoms. The molecule has 2 atom stereocenters. The molecule has 1 aromatic heterocycles. The van der Waals surface area contributed by atoms with Gasteiger partial charge in [0, 0.05) is 33.2 Å². The fourth-order valence-corrected chi connectivity index (χ4v) is 4.10. The molecular weight excluding hydrogens is 384 g/mol. The molecular formula is C20H22BrClN2. The Morgan fingerprint density at radius 1 is 1.17 bits per heavy atom. The van der Waals surface area contributed by atoms with Gasteiger partial charge in [0.1, 0.15) is 0 Å². The highest BCUT2D eigenvalue weighted by Gasteiger charge is 2.25. The lowest BCUT2D eigenvalue weighted by Gasteiger charge is -2.27. The van der Waals surface area contributed by atoms with Gasteiger partial charge in [-0.2, -0.15) is 0 Å². The standard InChI is InChI=1S/C20H21BrN2.ClH/c1-13(14-6-3-2-4-7-14)22-19-9-5-8-16-17-12-15(21)10-11-18(17)23-20(16)19;/h2-4,6-7,10-13,19,22-23H,5,8-9H2,1H3;1H/t13?,19-;/m0./s1. The van der Waals surface area contributed by atoms with Crippen LogP contribution in [0.15, 0.2) is 53.0 Å². The number of rotatable bonds is 3. The van der Waals surface area contributed by atoms with Crippen molar-refractivity contribution in [1.82, 2.24) is 10.3 Å². The van der Waals surface area contributed by atoms with E-state index in [9.17, 15) is 0 Å². The Labute approximate surface area is 157 Å². The zero-order valence-electron chi connectivity index (χ0n) is 13.7. The number of hydrogen-bond donors (Lipinski definition) is 2. The van der Waals surface area contributed by atoms with Gasteiger partial charge in [-0.1, -0.05) is 46.3 Å². The summed E-state index contributed by atoms with van der Waals surface area (Å²) in [6, 6.07) is 18.0. The van der Waals surface area contributed by atoms with Crippen LogP contribution in [-0.2, 0) is 6.42 Å². The summed E-state index contributed by atoms with van der Waals surface area (Å²) in [5, 5.41) is 5.19. The van der Waals surface area contributed by atoms with Gasteiger partial charge in [0.15, 0.2) is 0 Å². The number of H-pyrrole nitrogens is 1. The molecule has 0 spiro atoms. The quantitative estimate of drug-likeness (QED) is 0.543. The number of halogens is 2. The van der Waals surface area contributed by atoms with Crippen LogP contribution >= 0.6 is 28.3 Å². The molecule has 126 valence electrons. The number of aromatic nitrogens is 1. The first kappa shape index (κ1) is 17.5. The van der Waals surface area contributed by atoms with Gasteiger partial charge in [-0.25, -0.2) is 0 Å². The zero-order chi connectivity index (χ0) is 15.8. The fourth-order valence-electron chi connectivity index (χ4n) is 3.74. The molecule has 2 nitrogen and oxygen atoms in total. The third kappa shape index (κ3) is 3.26. The molecule has 0 saturated carbocycles. The second kappa shape index (κ2) is 7.30. The second-order valence-corrected chi connectivity index (χ2v) is 7.37. The van der Waals surface area contributed by atoms with Crippen LogP contribution in [-0.4, -0.2) is 4.98 Å². The number of benzene rings is 2. The van der Waals surface area contributed by atoms with E-state index >= 15 is 0 Å². The molecule has 3 aromatic rings. The highest BCUT2D eigenvalue weighted by Crippen LogP contribution is 2.36. The van der Waals surface area contributed by atoms with E-state index in [4.69, 9.17) is 0 Å². The van der Waals surface area contributed by atoms with E-state index < -0.39 is 0 Å². The summed E-state index contributed by atoms with van der Waals surface area (Å²) in [6.45, 7) is 2.25. The molecule has 0 amide bonds. The maximum atomic E-state index is 3.82. The Hall–Kier alpha value is -1.29. The molecule has 2 aromatic carbocycles. The third-order valence-corrected chi connectivity index (χ3v) is 5.41. The monoisotopic (exact) mass is 404 g/mol. The lowest BCUT2D eigenvalue weighted by Crippen LogP contribution is -2.27. The Bertz CT molecular complexity index is 828. The van der Waals surface area contributed by atoms with Crippen molar-refractivity contribution in [3.8, 4) is 0 Å². The molecule has 4 rings (SSSR count). The van der Waals surface area contributed by atoms with Gasteiger partial charge in [-0.3, -0.25) is 0 Å². The predicted octanol–water partition coefficient (Wildman–Crippen LogP) is 6.08. The van der Waals surface area contributed by atoms with Crippen molar-refractivity contribution in [2.24, 2.45) is 0 Å². The van der Waals surface area contributed by atoms with Gasteiger partial charge in [0.25, 0.3) is 0 Å². The number of aromatic amines is 1. The average Bonchev–Trinajstić information content (AvgIpc) is 2.95. The molecule has 0 bridgehead atoms. The fraction of sp³-hybridized carbons (Fsp3) is 0.300. The largest absolute Gasteiger partial charge is 0.357 e. The highest BCUT2D eigenvalue weighted by atomic mass is 79.9. The Balaban J connectivity index is 0.00000169. The van der Waals surface area contributed by atoms with Gasteiger partial charge in [0.2, 0.25) is 0 Å². The molecule has 1 heterocycles. The first-order valence-electron chi connectivity index (χ1n) is 8.33. The van der Waals surface area contributed by atoms with Gasteiger partial charge < -0.3 is 10.3 Å². The maximum Gasteiger partial charge on any atom is 0.0480 e. The smallest absolute Gasteiger partial charge is 0.0480 e. The van der Waals surface area contributed by atoms with Crippen LogP contribution in [0, 0.1) is 0 Å². The summed E-state index contributed by atoms with van der Waals surface area (Å²) in [4.78, 5) is 3.67. The van der Waals surface area contributed by atoms with Crippen LogP contribution in [0.25, 0.3) is 10.9 Å². The number of hydrogen-bond acceptors (Lipinski definition) is 1. The van der Waals surface area contributed by atoms with Gasteiger partial charge in [0.05, 0.1) is 0 Å². The lowest BCUT2D eigenvalue weighted by molar-refractivity contribution is 0.410. The van der Waals surface area contributed by atoms with E-state index in [1.807, 2.05) is 0 Å². The van der Waals surface area contributed by atoms with E-state index in [1.165, 1.54) is 47.0 Å². The van der Waals surface area contributed by atoms with Crippen molar-refractivity contribution in [3.63, 3.8) is 0 Å². The summed E-state index contributed by atoms with van der Waals surface area (Å²) in [5.74, 6) is 0. The Kier molecular flexibility index (Phi) is 5.33. The van der Waals surface area contributed by atoms with E-state index in [-0.39, 0.29) is 12.4 Å². The maximum absolute atomic E-state index is 3.82. The summed E-state index contributed by atoms with van der Waals surface area (Å²) in [5.41, 5.74) is 5.47. The highest BCUT2D eigenvalue weighted by molar-refractivity contribution is 9.10. The van der Waals surface area contributed by atoms with Crippen LogP contribution in [0.5, 0.6) is 0 Å². The van der Waals surface area contributed by atoms with Crippen molar-refractivity contribution in [2.45, 2.75) is 38.3 Å². The summed E-state index contributed by atoms with van der Waals surface area (Å²) in [6.07, 6.45) is 3.60. The first-order chi connectivity index (χ1) is 11.2. The number of nitrogens with one attached hydrogen (secondary N) is 2. The van der Waals surface area contributed by atoms with Gasteiger partial charge in [-0.15, -0.1) is 12.4 Å². The SMILES string of the molecule is CC(N[C@H]1CCCc2c1[nH]c1ccc(Br)cc21)c1ccccc1.Cl. The molecule has 4 heteroatoms. The molecule has 0 aliphatic heterocycles. The van der Waals surface area contributed by atoms with Crippen molar-refractivity contribution >= 4 is 39.2 Å². The van der Waals surface area contributed by atoms with Crippen LogP contribution in [0.1, 0.15) is 48.7 Å². The Morgan fingerprint density at radius 3 is 2.75 bits per heavy atom. The van der Waals surface area contributed by atoms with E-state index in [2.05, 4.69) is 81.7 Å².